The largest absolute Gasteiger partial charge is 0.261 e. The summed E-state index contributed by atoms with van der Waals surface area (Å²) in [5, 5.41) is 0. The highest BCUT2D eigenvalue weighted by molar-refractivity contribution is 5.10. The van der Waals surface area contributed by atoms with Crippen LogP contribution in [0.3, 0.4) is 0 Å². The Kier molecular flexibility index (Phi) is 15.1. The highest BCUT2D eigenvalue weighted by Crippen LogP contribution is 2.08. The molecule has 0 atom stereocenters. The van der Waals surface area contributed by atoms with Gasteiger partial charge in [-0.15, -0.1) is 0 Å². The minimum Gasteiger partial charge on any atom is -0.261 e. The van der Waals surface area contributed by atoms with Gasteiger partial charge >= 0.3 is 0 Å². The lowest BCUT2D eigenvalue weighted by Gasteiger charge is -2.00. The van der Waals surface area contributed by atoms with Crippen LogP contribution in [-0.2, 0) is 0 Å². The minimum absolute atomic E-state index is 0.547. The number of nitrogens with zero attached hydrogens (tertiary/aromatic N) is 2. The summed E-state index contributed by atoms with van der Waals surface area (Å²) in [6, 6.07) is 10.1. The Balaban J connectivity index is 0. The molecule has 2 heterocycles. The van der Waals surface area contributed by atoms with Gasteiger partial charge in [-0.3, -0.25) is 9.97 Å². The first-order chi connectivity index (χ1) is 10.1. The predicted octanol–water partition coefficient (Wildman–Crippen LogP) is 5.96. The summed E-state index contributed by atoms with van der Waals surface area (Å²) in [6.07, 6.45) is 3.70. The molecule has 0 aliphatic heterocycles. The second kappa shape index (κ2) is 14.7. The summed E-state index contributed by atoms with van der Waals surface area (Å²) in [4.78, 5) is 8.26. The van der Waals surface area contributed by atoms with Crippen LogP contribution >= 0.6 is 0 Å². The van der Waals surface area contributed by atoms with Gasteiger partial charge in [-0.05, 0) is 43.5 Å². The second-order valence-electron chi connectivity index (χ2n) is 4.39. The van der Waals surface area contributed by atoms with E-state index in [0.717, 1.165) is 11.4 Å². The molecule has 0 saturated heterocycles. The highest BCUT2D eigenvalue weighted by Gasteiger charge is 1.95. The molecule has 2 rings (SSSR count). The van der Waals surface area contributed by atoms with Gasteiger partial charge < -0.3 is 0 Å². The molecule has 0 unspecified atom stereocenters. The smallest absolute Gasteiger partial charge is 0.0428 e. The number of rotatable bonds is 1. The van der Waals surface area contributed by atoms with E-state index in [1.165, 1.54) is 5.56 Å². The van der Waals surface area contributed by atoms with Crippen molar-refractivity contribution in [2.75, 3.05) is 0 Å². The number of hydrogen-bond acceptors (Lipinski definition) is 2. The lowest BCUT2D eigenvalue weighted by Crippen LogP contribution is -1.88. The van der Waals surface area contributed by atoms with Crippen LogP contribution in [0.15, 0.2) is 42.7 Å². The van der Waals surface area contributed by atoms with Gasteiger partial charge in [-0.1, -0.05) is 53.7 Å². The zero-order chi connectivity index (χ0) is 16.7. The van der Waals surface area contributed by atoms with Crippen molar-refractivity contribution in [1.82, 2.24) is 9.97 Å². The van der Waals surface area contributed by atoms with Crippen LogP contribution in [0.1, 0.15) is 64.4 Å². The molecular formula is C19H32N2. The maximum atomic E-state index is 4.18. The Labute approximate surface area is 131 Å². The number of hydrogen-bond donors (Lipinski definition) is 0. The average Bonchev–Trinajstić information content (AvgIpc) is 2.55. The summed E-state index contributed by atoms with van der Waals surface area (Å²) in [6.45, 7) is 16.3. The molecule has 2 nitrogen and oxygen atoms in total. The van der Waals surface area contributed by atoms with Crippen LogP contribution < -0.4 is 0 Å². The van der Waals surface area contributed by atoms with E-state index in [1.807, 2.05) is 78.2 Å². The van der Waals surface area contributed by atoms with Crippen LogP contribution in [-0.4, -0.2) is 9.97 Å². The Bertz CT molecular complexity index is 398. The summed E-state index contributed by atoms with van der Waals surface area (Å²) < 4.78 is 0. The van der Waals surface area contributed by atoms with Crippen LogP contribution in [0, 0.1) is 13.8 Å². The highest BCUT2D eigenvalue weighted by atomic mass is 14.7. The Morgan fingerprint density at radius 3 is 1.71 bits per heavy atom. The summed E-state index contributed by atoms with van der Waals surface area (Å²) in [5.41, 5.74) is 3.46. The third-order valence-corrected chi connectivity index (χ3v) is 2.34. The Hall–Kier alpha value is -1.70. The van der Waals surface area contributed by atoms with Crippen LogP contribution in [0.4, 0.5) is 0 Å². The molecule has 0 fully saturated rings. The number of pyridine rings is 2. The van der Waals surface area contributed by atoms with Crippen molar-refractivity contribution in [3.05, 3.63) is 59.7 Å². The lowest BCUT2D eigenvalue weighted by molar-refractivity contribution is 0.823. The van der Waals surface area contributed by atoms with Gasteiger partial charge in [0.25, 0.3) is 0 Å². The normalized spacial score (nSPS) is 8.43. The predicted molar refractivity (Wildman–Crippen MR) is 94.7 cm³/mol. The van der Waals surface area contributed by atoms with Gasteiger partial charge in [0.1, 0.15) is 0 Å². The van der Waals surface area contributed by atoms with Gasteiger partial charge in [0.05, 0.1) is 0 Å². The van der Waals surface area contributed by atoms with E-state index in [4.69, 9.17) is 0 Å². The first kappa shape index (κ1) is 21.6. The van der Waals surface area contributed by atoms with Crippen molar-refractivity contribution < 1.29 is 0 Å². The van der Waals surface area contributed by atoms with E-state index in [-0.39, 0.29) is 0 Å². The fraction of sp³-hybridized carbons (Fsp3) is 0.474. The zero-order valence-electron chi connectivity index (χ0n) is 15.0. The SMILES string of the molecule is CC.CC.CC(C)c1ccccn1.Cc1ccc(C)nc1. The zero-order valence-corrected chi connectivity index (χ0v) is 15.0. The van der Waals surface area contributed by atoms with Gasteiger partial charge in [-0.25, -0.2) is 0 Å². The third-order valence-electron chi connectivity index (χ3n) is 2.34. The third kappa shape index (κ3) is 11.8. The van der Waals surface area contributed by atoms with Crippen molar-refractivity contribution in [3.63, 3.8) is 0 Å². The molecule has 2 aromatic heterocycles. The topological polar surface area (TPSA) is 25.8 Å². The molecule has 0 amide bonds. The monoisotopic (exact) mass is 288 g/mol. The summed E-state index contributed by atoms with van der Waals surface area (Å²) >= 11 is 0. The van der Waals surface area contributed by atoms with Crippen LogP contribution in [0.2, 0.25) is 0 Å². The molecular weight excluding hydrogens is 256 g/mol. The van der Waals surface area contributed by atoms with Gasteiger partial charge in [0, 0.05) is 23.8 Å². The van der Waals surface area contributed by atoms with E-state index >= 15 is 0 Å². The standard InChI is InChI=1S/C8H11N.C7H9N.2C2H6/c1-7(2)8-5-3-4-6-9-8;1-6-3-4-7(2)8-5-6;2*1-2/h3-7H,1-2H3;3-5H,1-2H3;2*1-2H3. The molecule has 0 aromatic carbocycles. The molecule has 0 aliphatic carbocycles. The van der Waals surface area contributed by atoms with Crippen molar-refractivity contribution in [2.24, 2.45) is 0 Å². The van der Waals surface area contributed by atoms with Crippen molar-refractivity contribution in [1.29, 1.82) is 0 Å². The maximum Gasteiger partial charge on any atom is 0.0428 e. The van der Waals surface area contributed by atoms with Gasteiger partial charge in [0.2, 0.25) is 0 Å². The Morgan fingerprint density at radius 2 is 1.43 bits per heavy atom. The van der Waals surface area contributed by atoms with E-state index in [9.17, 15) is 0 Å². The van der Waals surface area contributed by atoms with E-state index < -0.39 is 0 Å². The summed E-state index contributed by atoms with van der Waals surface area (Å²) in [7, 11) is 0. The van der Waals surface area contributed by atoms with Crippen LogP contribution in [0.5, 0.6) is 0 Å². The van der Waals surface area contributed by atoms with E-state index in [1.54, 1.807) is 0 Å². The fourth-order valence-electron chi connectivity index (χ4n) is 1.26. The molecule has 0 bridgehead atoms. The first-order valence-corrected chi connectivity index (χ1v) is 7.90. The maximum absolute atomic E-state index is 4.18. The first-order valence-electron chi connectivity index (χ1n) is 7.90. The van der Waals surface area contributed by atoms with Crippen LogP contribution in [0.25, 0.3) is 0 Å². The average molecular weight is 288 g/mol. The number of aromatic nitrogens is 2. The van der Waals surface area contributed by atoms with Crippen molar-refractivity contribution in [2.45, 2.75) is 61.3 Å². The van der Waals surface area contributed by atoms with Gasteiger partial charge in [0.15, 0.2) is 0 Å². The quantitative estimate of drug-likeness (QED) is 0.647. The van der Waals surface area contributed by atoms with Crippen molar-refractivity contribution >= 4 is 0 Å². The summed E-state index contributed by atoms with van der Waals surface area (Å²) in [5.74, 6) is 0.547. The molecule has 21 heavy (non-hydrogen) atoms. The second-order valence-corrected chi connectivity index (χ2v) is 4.39. The van der Waals surface area contributed by atoms with Gasteiger partial charge in [-0.2, -0.15) is 0 Å². The molecule has 0 spiro atoms. The van der Waals surface area contributed by atoms with E-state index in [0.29, 0.717) is 5.92 Å². The molecule has 2 heteroatoms. The molecule has 118 valence electrons. The lowest BCUT2D eigenvalue weighted by atomic mass is 10.1. The Morgan fingerprint density at radius 1 is 0.810 bits per heavy atom. The number of aryl methyl sites for hydroxylation is 2. The molecule has 2 aromatic rings. The molecule has 0 saturated carbocycles. The molecule has 0 radical (unpaired) electrons. The molecule has 0 N–H and O–H groups in total. The molecule has 0 aliphatic rings. The fourth-order valence-corrected chi connectivity index (χ4v) is 1.26. The van der Waals surface area contributed by atoms with E-state index in [2.05, 4.69) is 29.9 Å². The minimum atomic E-state index is 0.547. The van der Waals surface area contributed by atoms with Crippen molar-refractivity contribution in [3.8, 4) is 0 Å².